The minimum absolute atomic E-state index is 0.160. The molecule has 0 aromatic carbocycles. The van der Waals surface area contributed by atoms with Gasteiger partial charge in [0, 0.05) is 23.4 Å². The number of nitrogens with zero attached hydrogens (tertiary/aromatic N) is 3. The first kappa shape index (κ1) is 16.9. The third-order valence-electron chi connectivity index (χ3n) is 4.44. The summed E-state index contributed by atoms with van der Waals surface area (Å²) >= 11 is 5.01. The van der Waals surface area contributed by atoms with E-state index < -0.39 is 0 Å². The molecule has 8 heteroatoms. The summed E-state index contributed by atoms with van der Waals surface area (Å²) in [4.78, 5) is 17.3. The minimum atomic E-state index is -0.349. The molecule has 1 unspecified atom stereocenters. The highest BCUT2D eigenvalue weighted by Gasteiger charge is 2.38. The molecule has 2 aliphatic rings. The molecule has 132 valence electrons. The molecule has 3 heterocycles. The smallest absolute Gasteiger partial charge is 0.227 e. The molecule has 0 saturated carbocycles. The van der Waals surface area contributed by atoms with Crippen LogP contribution in [0.5, 0.6) is 0 Å². The third kappa shape index (κ3) is 3.17. The fourth-order valence-electron chi connectivity index (χ4n) is 3.24. The molecule has 0 spiro atoms. The van der Waals surface area contributed by atoms with Crippen LogP contribution in [0.25, 0.3) is 0 Å². The first-order valence-electron chi connectivity index (χ1n) is 8.55. The number of thioether (sulfide) groups is 1. The number of aromatic nitrogens is 3. The van der Waals surface area contributed by atoms with E-state index in [1.807, 2.05) is 12.1 Å². The molecule has 0 amide bonds. The Hall–Kier alpha value is -1.54. The molecule has 1 atom stereocenters. The topological polar surface area (TPSA) is 73.0 Å². The van der Waals surface area contributed by atoms with Gasteiger partial charge in [-0.15, -0.1) is 5.10 Å². The number of rotatable bonds is 5. The monoisotopic (exact) mass is 422 g/mol. The molecule has 0 bridgehead atoms. The number of unbranched alkanes of at least 4 members (excludes halogenated alkanes) is 1. The van der Waals surface area contributed by atoms with E-state index in [4.69, 9.17) is 4.42 Å². The number of furan rings is 1. The Morgan fingerprint density at radius 1 is 1.44 bits per heavy atom. The van der Waals surface area contributed by atoms with E-state index in [-0.39, 0.29) is 11.8 Å². The van der Waals surface area contributed by atoms with Crippen LogP contribution in [0.1, 0.15) is 50.8 Å². The van der Waals surface area contributed by atoms with Crippen LogP contribution in [-0.2, 0) is 4.79 Å². The third-order valence-corrected chi connectivity index (χ3v) is 5.79. The maximum absolute atomic E-state index is 12.6. The van der Waals surface area contributed by atoms with Crippen LogP contribution < -0.4 is 5.32 Å². The van der Waals surface area contributed by atoms with Gasteiger partial charge in [0.1, 0.15) is 11.8 Å². The van der Waals surface area contributed by atoms with Gasteiger partial charge in [-0.2, -0.15) is 4.98 Å². The van der Waals surface area contributed by atoms with Crippen molar-refractivity contribution in [3.05, 3.63) is 33.8 Å². The van der Waals surface area contributed by atoms with Gasteiger partial charge in [0.25, 0.3) is 0 Å². The highest BCUT2D eigenvalue weighted by Crippen LogP contribution is 2.41. The Labute approximate surface area is 158 Å². The number of halogens is 1. The molecule has 2 aromatic heterocycles. The van der Waals surface area contributed by atoms with Crippen LogP contribution in [0.3, 0.4) is 0 Å². The Morgan fingerprint density at radius 3 is 3.08 bits per heavy atom. The summed E-state index contributed by atoms with van der Waals surface area (Å²) in [6.45, 7) is 2.17. The van der Waals surface area contributed by atoms with Crippen molar-refractivity contribution in [1.82, 2.24) is 14.8 Å². The second-order valence-corrected chi connectivity index (χ2v) is 8.05. The lowest BCUT2D eigenvalue weighted by Gasteiger charge is -2.30. The van der Waals surface area contributed by atoms with Crippen molar-refractivity contribution in [2.45, 2.75) is 50.2 Å². The van der Waals surface area contributed by atoms with Crippen molar-refractivity contribution < 1.29 is 9.21 Å². The van der Waals surface area contributed by atoms with E-state index in [2.05, 4.69) is 38.3 Å². The van der Waals surface area contributed by atoms with Gasteiger partial charge in [-0.05, 0) is 47.3 Å². The summed E-state index contributed by atoms with van der Waals surface area (Å²) < 4.78 is 8.23. The fourth-order valence-corrected chi connectivity index (χ4v) is 4.48. The van der Waals surface area contributed by atoms with Gasteiger partial charge in [-0.1, -0.05) is 25.1 Å². The first-order chi connectivity index (χ1) is 12.2. The zero-order valence-corrected chi connectivity index (χ0v) is 16.3. The lowest BCUT2D eigenvalue weighted by molar-refractivity contribution is -0.116. The summed E-state index contributed by atoms with van der Waals surface area (Å²) in [7, 11) is 0. The molecule has 6 nitrogen and oxygen atoms in total. The number of carbonyl (C=O) groups excluding carboxylic acids is 1. The van der Waals surface area contributed by atoms with Gasteiger partial charge in [0.15, 0.2) is 10.5 Å². The summed E-state index contributed by atoms with van der Waals surface area (Å²) in [5.41, 5.74) is 1.72. The molecular weight excluding hydrogens is 404 g/mol. The molecule has 1 N–H and O–H groups in total. The maximum atomic E-state index is 12.6. The number of nitrogens with one attached hydrogen (secondary N) is 1. The first-order valence-corrected chi connectivity index (χ1v) is 10.3. The maximum Gasteiger partial charge on any atom is 0.227 e. The van der Waals surface area contributed by atoms with Gasteiger partial charge in [0.2, 0.25) is 11.1 Å². The predicted molar refractivity (Wildman–Crippen MR) is 99.7 cm³/mol. The SMILES string of the molecule is CCCCSc1nc2n(n1)C(c1ccc(Br)o1)C1=C(CCCC1=O)N2. The number of hydrogen-bond acceptors (Lipinski definition) is 6. The number of allylic oxidation sites excluding steroid dienone is 2. The standard InChI is InChI=1S/C17H19BrN4O2S/c1-2-3-9-25-17-20-16-19-10-5-4-6-11(23)14(10)15(22(16)21-17)12-7-8-13(18)24-12/h7-8,15H,2-6,9H2,1H3,(H,19,20,21). The van der Waals surface area contributed by atoms with Gasteiger partial charge in [-0.25, -0.2) is 4.68 Å². The van der Waals surface area contributed by atoms with Crippen molar-refractivity contribution >= 4 is 39.4 Å². The lowest BCUT2D eigenvalue weighted by atomic mass is 9.88. The van der Waals surface area contributed by atoms with E-state index in [0.29, 0.717) is 22.8 Å². The van der Waals surface area contributed by atoms with Gasteiger partial charge >= 0.3 is 0 Å². The number of Topliss-reactive ketones (excluding diaryl/α,β-unsaturated/α-hetero) is 1. The van der Waals surface area contributed by atoms with Crippen molar-refractivity contribution in [2.75, 3.05) is 11.1 Å². The van der Waals surface area contributed by atoms with Crippen LogP contribution in [0.2, 0.25) is 0 Å². The van der Waals surface area contributed by atoms with E-state index in [0.717, 1.165) is 47.9 Å². The molecule has 2 aromatic rings. The fraction of sp³-hybridized carbons (Fsp3) is 0.471. The minimum Gasteiger partial charge on any atom is -0.452 e. The Bertz CT molecular complexity index is 842. The van der Waals surface area contributed by atoms with Gasteiger partial charge in [0.05, 0.1) is 0 Å². The molecule has 0 saturated heterocycles. The number of ketones is 1. The lowest BCUT2D eigenvalue weighted by Crippen LogP contribution is -2.31. The predicted octanol–water partition coefficient (Wildman–Crippen LogP) is 4.55. The van der Waals surface area contributed by atoms with E-state index in [1.165, 1.54) is 0 Å². The summed E-state index contributed by atoms with van der Waals surface area (Å²) in [6.07, 6.45) is 4.56. The van der Waals surface area contributed by atoms with E-state index in [9.17, 15) is 4.79 Å². The highest BCUT2D eigenvalue weighted by atomic mass is 79.9. The Balaban J connectivity index is 1.75. The molecular formula is C17H19BrN4O2S. The van der Waals surface area contributed by atoms with Crippen molar-refractivity contribution in [1.29, 1.82) is 0 Å². The average Bonchev–Trinajstić information content (AvgIpc) is 3.19. The van der Waals surface area contributed by atoms with E-state index >= 15 is 0 Å². The van der Waals surface area contributed by atoms with Crippen LogP contribution in [0.4, 0.5) is 5.95 Å². The average molecular weight is 423 g/mol. The molecule has 0 fully saturated rings. The van der Waals surface area contributed by atoms with Crippen LogP contribution in [-0.4, -0.2) is 26.3 Å². The second kappa shape index (κ2) is 6.99. The number of fused-ring (bicyclic) bond motifs is 1. The number of hydrogen-bond donors (Lipinski definition) is 1. The normalized spacial score (nSPS) is 19.6. The highest BCUT2D eigenvalue weighted by molar-refractivity contribution is 9.10. The van der Waals surface area contributed by atoms with E-state index in [1.54, 1.807) is 16.4 Å². The molecule has 1 aliphatic carbocycles. The summed E-state index contributed by atoms with van der Waals surface area (Å²) in [5, 5.41) is 8.72. The van der Waals surface area contributed by atoms with Crippen molar-refractivity contribution in [3.8, 4) is 0 Å². The summed E-state index contributed by atoms with van der Waals surface area (Å²) in [5.74, 6) is 2.54. The number of anilines is 1. The Kier molecular flexibility index (Phi) is 4.73. The summed E-state index contributed by atoms with van der Waals surface area (Å²) in [6, 6.07) is 3.39. The van der Waals surface area contributed by atoms with Crippen molar-refractivity contribution in [2.24, 2.45) is 0 Å². The number of carbonyl (C=O) groups is 1. The van der Waals surface area contributed by atoms with Gasteiger partial charge in [-0.3, -0.25) is 4.79 Å². The largest absolute Gasteiger partial charge is 0.452 e. The quantitative estimate of drug-likeness (QED) is 0.562. The van der Waals surface area contributed by atoms with Crippen molar-refractivity contribution in [3.63, 3.8) is 0 Å². The van der Waals surface area contributed by atoms with Crippen LogP contribution in [0.15, 0.2) is 37.6 Å². The molecule has 0 radical (unpaired) electrons. The Morgan fingerprint density at radius 2 is 2.32 bits per heavy atom. The van der Waals surface area contributed by atoms with Gasteiger partial charge < -0.3 is 9.73 Å². The molecule has 1 aliphatic heterocycles. The molecule has 25 heavy (non-hydrogen) atoms. The zero-order valence-electron chi connectivity index (χ0n) is 13.9. The second-order valence-electron chi connectivity index (χ2n) is 6.20. The zero-order chi connectivity index (χ0) is 17.4. The van der Waals surface area contributed by atoms with Crippen LogP contribution in [0, 0.1) is 0 Å². The molecule has 4 rings (SSSR count). The van der Waals surface area contributed by atoms with Crippen LogP contribution >= 0.6 is 27.7 Å².